The largest absolute Gasteiger partial charge is 0.480 e. The number of rotatable bonds is 3. The number of amides is 1. The molecule has 0 aliphatic carbocycles. The molecule has 3 aromatic rings. The number of para-hydroxylation sites is 3. The van der Waals surface area contributed by atoms with Crippen molar-refractivity contribution in [1.82, 2.24) is 0 Å². The summed E-state index contributed by atoms with van der Waals surface area (Å²) in [4.78, 5) is 11.7. The van der Waals surface area contributed by atoms with Crippen LogP contribution in [-0.2, 0) is 0 Å². The number of primary amides is 1. The molecule has 24 heavy (non-hydrogen) atoms. The van der Waals surface area contributed by atoms with Crippen LogP contribution in [0.1, 0.15) is 27.6 Å². The standard InChI is InChI=1S/C20H15NO3/c21-20(22)15-9-3-6-12-18(15)24-19-13-7-1-4-10-16(13)23-17-11-5-2-8-14(17)19/h1-12,19H,(H2,21,22). The minimum Gasteiger partial charge on any atom is -0.480 e. The Morgan fingerprint density at radius 2 is 1.38 bits per heavy atom. The van der Waals surface area contributed by atoms with Gasteiger partial charge in [-0.2, -0.15) is 0 Å². The van der Waals surface area contributed by atoms with Crippen LogP contribution in [0.15, 0.2) is 72.8 Å². The zero-order valence-corrected chi connectivity index (χ0v) is 12.8. The first kappa shape index (κ1) is 14.3. The van der Waals surface area contributed by atoms with E-state index < -0.39 is 5.91 Å². The van der Waals surface area contributed by atoms with E-state index in [1.807, 2.05) is 54.6 Å². The molecule has 0 spiro atoms. The molecule has 4 rings (SSSR count). The molecule has 1 amide bonds. The van der Waals surface area contributed by atoms with Gasteiger partial charge in [-0.05, 0) is 24.3 Å². The van der Waals surface area contributed by atoms with Gasteiger partial charge in [-0.3, -0.25) is 4.79 Å². The van der Waals surface area contributed by atoms with Crippen LogP contribution >= 0.6 is 0 Å². The van der Waals surface area contributed by atoms with Crippen molar-refractivity contribution < 1.29 is 14.3 Å². The quantitative estimate of drug-likeness (QED) is 0.792. The van der Waals surface area contributed by atoms with Gasteiger partial charge >= 0.3 is 0 Å². The summed E-state index contributed by atoms with van der Waals surface area (Å²) in [5.41, 5.74) is 7.65. The second-order valence-electron chi connectivity index (χ2n) is 5.54. The average Bonchev–Trinajstić information content (AvgIpc) is 2.62. The van der Waals surface area contributed by atoms with Crippen molar-refractivity contribution in [3.05, 3.63) is 89.5 Å². The normalized spacial score (nSPS) is 12.7. The van der Waals surface area contributed by atoms with Crippen molar-refractivity contribution in [3.63, 3.8) is 0 Å². The molecule has 0 radical (unpaired) electrons. The molecular formula is C20H15NO3. The highest BCUT2D eigenvalue weighted by Gasteiger charge is 2.29. The number of benzene rings is 3. The Bertz CT molecular complexity index is 875. The van der Waals surface area contributed by atoms with Crippen molar-refractivity contribution in [2.45, 2.75) is 6.10 Å². The summed E-state index contributed by atoms with van der Waals surface area (Å²) in [5.74, 6) is 1.44. The fraction of sp³-hybridized carbons (Fsp3) is 0.0500. The minimum atomic E-state index is -0.515. The van der Waals surface area contributed by atoms with Crippen LogP contribution in [0.4, 0.5) is 0 Å². The van der Waals surface area contributed by atoms with E-state index in [0.717, 1.165) is 22.6 Å². The molecule has 1 aliphatic rings. The zero-order chi connectivity index (χ0) is 16.5. The van der Waals surface area contributed by atoms with Crippen molar-refractivity contribution in [2.24, 2.45) is 5.73 Å². The number of hydrogen-bond donors (Lipinski definition) is 1. The maximum absolute atomic E-state index is 11.7. The van der Waals surface area contributed by atoms with Gasteiger partial charge in [-0.1, -0.05) is 48.5 Å². The molecule has 0 unspecified atom stereocenters. The van der Waals surface area contributed by atoms with Gasteiger partial charge in [0.2, 0.25) is 0 Å². The topological polar surface area (TPSA) is 61.6 Å². The molecule has 118 valence electrons. The Labute approximate surface area is 139 Å². The van der Waals surface area contributed by atoms with Gasteiger partial charge in [-0.15, -0.1) is 0 Å². The minimum absolute atomic E-state index is 0.360. The van der Waals surface area contributed by atoms with E-state index in [1.54, 1.807) is 18.2 Å². The number of nitrogens with two attached hydrogens (primary N) is 1. The van der Waals surface area contributed by atoms with Crippen molar-refractivity contribution in [1.29, 1.82) is 0 Å². The highest BCUT2D eigenvalue weighted by molar-refractivity contribution is 5.95. The van der Waals surface area contributed by atoms with Gasteiger partial charge in [0.1, 0.15) is 17.2 Å². The molecule has 1 aliphatic heterocycles. The van der Waals surface area contributed by atoms with Crippen LogP contribution in [0.2, 0.25) is 0 Å². The molecule has 3 aromatic carbocycles. The lowest BCUT2D eigenvalue weighted by atomic mass is 9.97. The maximum atomic E-state index is 11.7. The zero-order valence-electron chi connectivity index (χ0n) is 12.8. The number of fused-ring (bicyclic) bond motifs is 2. The second kappa shape index (κ2) is 5.74. The average molecular weight is 317 g/mol. The lowest BCUT2D eigenvalue weighted by Crippen LogP contribution is -2.18. The molecule has 0 bridgehead atoms. The maximum Gasteiger partial charge on any atom is 0.252 e. The van der Waals surface area contributed by atoms with E-state index in [4.69, 9.17) is 15.2 Å². The molecule has 0 saturated carbocycles. The highest BCUT2D eigenvalue weighted by Crippen LogP contribution is 2.44. The molecule has 4 nitrogen and oxygen atoms in total. The lowest BCUT2D eigenvalue weighted by molar-refractivity contribution is 0.0994. The monoisotopic (exact) mass is 317 g/mol. The van der Waals surface area contributed by atoms with Crippen LogP contribution in [0.3, 0.4) is 0 Å². The molecular weight excluding hydrogens is 302 g/mol. The summed E-state index contributed by atoms with van der Waals surface area (Å²) in [6.45, 7) is 0. The predicted molar refractivity (Wildman–Crippen MR) is 90.4 cm³/mol. The van der Waals surface area contributed by atoms with E-state index >= 15 is 0 Å². The van der Waals surface area contributed by atoms with Crippen molar-refractivity contribution in [3.8, 4) is 17.2 Å². The van der Waals surface area contributed by atoms with Gasteiger partial charge in [0.15, 0.2) is 6.10 Å². The number of carbonyl (C=O) groups excluding carboxylic acids is 1. The molecule has 0 saturated heterocycles. The number of carbonyl (C=O) groups is 1. The molecule has 4 heteroatoms. The van der Waals surface area contributed by atoms with E-state index in [0.29, 0.717) is 11.3 Å². The van der Waals surface area contributed by atoms with E-state index in [9.17, 15) is 4.79 Å². The lowest BCUT2D eigenvalue weighted by Gasteiger charge is -2.29. The first-order chi connectivity index (χ1) is 11.7. The van der Waals surface area contributed by atoms with Gasteiger partial charge in [0, 0.05) is 11.1 Å². The van der Waals surface area contributed by atoms with Crippen LogP contribution < -0.4 is 15.2 Å². The van der Waals surface area contributed by atoms with Gasteiger partial charge in [-0.25, -0.2) is 0 Å². The van der Waals surface area contributed by atoms with Crippen LogP contribution in [-0.4, -0.2) is 5.91 Å². The van der Waals surface area contributed by atoms with E-state index in [-0.39, 0.29) is 6.10 Å². The third-order valence-corrected chi connectivity index (χ3v) is 4.02. The van der Waals surface area contributed by atoms with Crippen LogP contribution in [0.25, 0.3) is 0 Å². The van der Waals surface area contributed by atoms with Crippen LogP contribution in [0.5, 0.6) is 17.2 Å². The Morgan fingerprint density at radius 1 is 0.833 bits per heavy atom. The summed E-state index contributed by atoms with van der Waals surface area (Å²) >= 11 is 0. The molecule has 0 fully saturated rings. The SMILES string of the molecule is NC(=O)c1ccccc1OC1c2ccccc2Oc2ccccc21. The van der Waals surface area contributed by atoms with Crippen molar-refractivity contribution in [2.75, 3.05) is 0 Å². The molecule has 0 atom stereocenters. The van der Waals surface area contributed by atoms with E-state index in [1.165, 1.54) is 0 Å². The molecule has 2 N–H and O–H groups in total. The van der Waals surface area contributed by atoms with Crippen LogP contribution in [0, 0.1) is 0 Å². The van der Waals surface area contributed by atoms with Gasteiger partial charge in [0.05, 0.1) is 5.56 Å². The summed E-state index contributed by atoms with van der Waals surface area (Å²) < 4.78 is 12.2. The molecule has 0 aromatic heterocycles. The van der Waals surface area contributed by atoms with Gasteiger partial charge < -0.3 is 15.2 Å². The molecule has 1 heterocycles. The smallest absolute Gasteiger partial charge is 0.252 e. The summed E-state index contributed by atoms with van der Waals surface area (Å²) in [7, 11) is 0. The third kappa shape index (κ3) is 2.38. The summed E-state index contributed by atoms with van der Waals surface area (Å²) in [6.07, 6.45) is -0.369. The first-order valence-corrected chi connectivity index (χ1v) is 7.65. The second-order valence-corrected chi connectivity index (χ2v) is 5.54. The Hall–Kier alpha value is -3.27. The number of ether oxygens (including phenoxy) is 2. The third-order valence-electron chi connectivity index (χ3n) is 4.02. The van der Waals surface area contributed by atoms with Gasteiger partial charge in [0.25, 0.3) is 5.91 Å². The predicted octanol–water partition coefficient (Wildman–Crippen LogP) is 4.06. The Morgan fingerprint density at radius 3 is 2.00 bits per heavy atom. The Balaban J connectivity index is 1.83. The highest BCUT2D eigenvalue weighted by atomic mass is 16.5. The first-order valence-electron chi connectivity index (χ1n) is 7.65. The van der Waals surface area contributed by atoms with Crippen molar-refractivity contribution >= 4 is 5.91 Å². The van der Waals surface area contributed by atoms with E-state index in [2.05, 4.69) is 0 Å². The fourth-order valence-electron chi connectivity index (χ4n) is 2.89. The fourth-order valence-corrected chi connectivity index (χ4v) is 2.89. The Kier molecular flexibility index (Phi) is 3.43. The number of hydrogen-bond acceptors (Lipinski definition) is 3. The summed E-state index contributed by atoms with van der Waals surface area (Å²) in [5, 5.41) is 0. The summed E-state index contributed by atoms with van der Waals surface area (Å²) in [6, 6.07) is 22.4.